The van der Waals surface area contributed by atoms with Gasteiger partial charge >= 0.3 is 0 Å². The lowest BCUT2D eigenvalue weighted by atomic mass is 9.96. The van der Waals surface area contributed by atoms with Gasteiger partial charge in [-0.25, -0.2) is 0 Å². The molecule has 2 rings (SSSR count). The van der Waals surface area contributed by atoms with Gasteiger partial charge < -0.3 is 9.84 Å². The Morgan fingerprint density at radius 3 is 2.70 bits per heavy atom. The predicted molar refractivity (Wildman–Crippen MR) is 79.7 cm³/mol. The van der Waals surface area contributed by atoms with Crippen molar-refractivity contribution >= 4 is 11.6 Å². The minimum Gasteiger partial charge on any atom is -0.338 e. The van der Waals surface area contributed by atoms with Crippen LogP contribution < -0.4 is 5.32 Å². The molecule has 20 heavy (non-hydrogen) atoms. The molecule has 1 unspecified atom stereocenters. The number of nitrogens with zero attached hydrogens (tertiary/aromatic N) is 2. The molecule has 1 heterocycles. The Morgan fingerprint density at radius 2 is 2.10 bits per heavy atom. The maximum Gasteiger partial charge on any atom is 0.243 e. The summed E-state index contributed by atoms with van der Waals surface area (Å²) in [5.74, 6) is 1.33. The van der Waals surface area contributed by atoms with Crippen LogP contribution in [0.4, 0.5) is 0 Å². The second kappa shape index (κ2) is 5.94. The average molecular weight is 294 g/mol. The smallest absolute Gasteiger partial charge is 0.243 e. The van der Waals surface area contributed by atoms with E-state index in [0.717, 1.165) is 16.4 Å². The molecule has 0 saturated heterocycles. The molecule has 108 valence electrons. The van der Waals surface area contributed by atoms with E-state index in [0.29, 0.717) is 12.4 Å². The van der Waals surface area contributed by atoms with Gasteiger partial charge in [-0.05, 0) is 24.6 Å². The van der Waals surface area contributed by atoms with Crippen molar-refractivity contribution < 1.29 is 4.52 Å². The van der Waals surface area contributed by atoms with Gasteiger partial charge in [0.2, 0.25) is 5.89 Å². The zero-order valence-electron chi connectivity index (χ0n) is 12.3. The van der Waals surface area contributed by atoms with E-state index in [-0.39, 0.29) is 11.5 Å². The Morgan fingerprint density at radius 1 is 1.35 bits per heavy atom. The van der Waals surface area contributed by atoms with Crippen LogP contribution in [0.2, 0.25) is 5.02 Å². The largest absolute Gasteiger partial charge is 0.338 e. The molecule has 5 heteroatoms. The van der Waals surface area contributed by atoms with Crippen LogP contribution in [0.25, 0.3) is 0 Å². The van der Waals surface area contributed by atoms with Crippen molar-refractivity contribution in [2.75, 3.05) is 0 Å². The van der Waals surface area contributed by atoms with Crippen LogP contribution in [0.5, 0.6) is 0 Å². The van der Waals surface area contributed by atoms with Crippen LogP contribution in [0.1, 0.15) is 51.0 Å². The van der Waals surface area contributed by atoms with Gasteiger partial charge in [0, 0.05) is 17.0 Å². The number of nitrogens with one attached hydrogen (secondary N) is 1. The third-order valence-electron chi connectivity index (χ3n) is 2.98. The van der Waals surface area contributed by atoms with Crippen molar-refractivity contribution in [3.63, 3.8) is 0 Å². The van der Waals surface area contributed by atoms with Gasteiger partial charge in [0.15, 0.2) is 5.82 Å². The summed E-state index contributed by atoms with van der Waals surface area (Å²) >= 11 is 5.96. The van der Waals surface area contributed by atoms with Crippen molar-refractivity contribution in [1.29, 1.82) is 0 Å². The van der Waals surface area contributed by atoms with Crippen molar-refractivity contribution in [2.45, 2.75) is 45.7 Å². The second-order valence-electron chi connectivity index (χ2n) is 5.94. The SMILES string of the molecule is CC(NCc1cccc(Cl)c1)c1nc(C(C)(C)C)no1. The van der Waals surface area contributed by atoms with Gasteiger partial charge in [-0.1, -0.05) is 49.7 Å². The predicted octanol–water partition coefficient (Wildman–Crippen LogP) is 3.87. The molecule has 0 aliphatic heterocycles. The van der Waals surface area contributed by atoms with Gasteiger partial charge in [0.25, 0.3) is 0 Å². The highest BCUT2D eigenvalue weighted by atomic mass is 35.5. The van der Waals surface area contributed by atoms with Gasteiger partial charge in [-0.2, -0.15) is 4.98 Å². The third kappa shape index (κ3) is 3.81. The molecule has 0 radical (unpaired) electrons. The fourth-order valence-corrected chi connectivity index (χ4v) is 1.93. The van der Waals surface area contributed by atoms with E-state index in [4.69, 9.17) is 16.1 Å². The van der Waals surface area contributed by atoms with Crippen molar-refractivity contribution in [2.24, 2.45) is 0 Å². The van der Waals surface area contributed by atoms with Crippen molar-refractivity contribution in [3.05, 3.63) is 46.6 Å². The molecular weight excluding hydrogens is 274 g/mol. The Kier molecular flexibility index (Phi) is 4.45. The van der Waals surface area contributed by atoms with Gasteiger partial charge in [-0.3, -0.25) is 0 Å². The molecule has 1 aromatic heterocycles. The van der Waals surface area contributed by atoms with E-state index < -0.39 is 0 Å². The molecule has 0 amide bonds. The number of rotatable bonds is 4. The first-order valence-corrected chi connectivity index (χ1v) is 7.06. The van der Waals surface area contributed by atoms with E-state index in [2.05, 4.69) is 36.2 Å². The number of benzene rings is 1. The molecule has 1 N–H and O–H groups in total. The first kappa shape index (κ1) is 15.0. The summed E-state index contributed by atoms with van der Waals surface area (Å²) in [4.78, 5) is 4.44. The molecule has 0 aliphatic carbocycles. The minimum atomic E-state index is -0.103. The minimum absolute atomic E-state index is 0.00224. The number of aromatic nitrogens is 2. The third-order valence-corrected chi connectivity index (χ3v) is 3.22. The number of hydrogen-bond donors (Lipinski definition) is 1. The topological polar surface area (TPSA) is 51.0 Å². The van der Waals surface area contributed by atoms with E-state index in [1.807, 2.05) is 31.2 Å². The van der Waals surface area contributed by atoms with Gasteiger partial charge in [-0.15, -0.1) is 0 Å². The zero-order chi connectivity index (χ0) is 14.8. The Balaban J connectivity index is 1.98. The number of hydrogen-bond acceptors (Lipinski definition) is 4. The number of halogens is 1. The van der Waals surface area contributed by atoms with Gasteiger partial charge in [0.05, 0.1) is 6.04 Å². The normalized spacial score (nSPS) is 13.4. The molecule has 0 aliphatic rings. The molecule has 0 fully saturated rings. The molecular formula is C15H20ClN3O. The van der Waals surface area contributed by atoms with Crippen LogP contribution >= 0.6 is 11.6 Å². The summed E-state index contributed by atoms with van der Waals surface area (Å²) < 4.78 is 5.32. The quantitative estimate of drug-likeness (QED) is 0.929. The maximum atomic E-state index is 5.96. The molecule has 1 aromatic carbocycles. The van der Waals surface area contributed by atoms with Crippen molar-refractivity contribution in [1.82, 2.24) is 15.5 Å². The summed E-state index contributed by atoms with van der Waals surface area (Å²) in [5, 5.41) is 8.12. The fourth-order valence-electron chi connectivity index (χ4n) is 1.72. The van der Waals surface area contributed by atoms with Crippen LogP contribution in [0, 0.1) is 0 Å². The first-order valence-electron chi connectivity index (χ1n) is 6.68. The van der Waals surface area contributed by atoms with E-state index in [1.165, 1.54) is 0 Å². The lowest BCUT2D eigenvalue weighted by Crippen LogP contribution is -2.19. The monoisotopic (exact) mass is 293 g/mol. The maximum absolute atomic E-state index is 5.96. The van der Waals surface area contributed by atoms with E-state index in [9.17, 15) is 0 Å². The average Bonchev–Trinajstić information content (AvgIpc) is 2.85. The lowest BCUT2D eigenvalue weighted by Gasteiger charge is -2.12. The van der Waals surface area contributed by atoms with Crippen molar-refractivity contribution in [3.8, 4) is 0 Å². The Bertz CT molecular complexity index is 574. The summed E-state index contributed by atoms with van der Waals surface area (Å²) in [6.07, 6.45) is 0. The Hall–Kier alpha value is -1.39. The first-order chi connectivity index (χ1) is 9.36. The van der Waals surface area contributed by atoms with Crippen LogP contribution in [-0.2, 0) is 12.0 Å². The molecule has 0 spiro atoms. The summed E-state index contributed by atoms with van der Waals surface area (Å²) in [6.45, 7) is 8.89. The summed E-state index contributed by atoms with van der Waals surface area (Å²) in [7, 11) is 0. The van der Waals surface area contributed by atoms with E-state index in [1.54, 1.807) is 0 Å². The molecule has 2 aromatic rings. The summed E-state index contributed by atoms with van der Waals surface area (Å²) in [6, 6.07) is 7.77. The highest BCUT2D eigenvalue weighted by Crippen LogP contribution is 2.21. The zero-order valence-corrected chi connectivity index (χ0v) is 13.0. The van der Waals surface area contributed by atoms with Crippen LogP contribution in [0.15, 0.2) is 28.8 Å². The molecule has 4 nitrogen and oxygen atoms in total. The molecule has 1 atom stereocenters. The summed E-state index contributed by atoms with van der Waals surface area (Å²) in [5.41, 5.74) is 1.02. The highest BCUT2D eigenvalue weighted by molar-refractivity contribution is 6.30. The fraction of sp³-hybridized carbons (Fsp3) is 0.467. The standard InChI is InChI=1S/C15H20ClN3O/c1-10(13-18-14(19-20-13)15(2,3)4)17-9-11-6-5-7-12(16)8-11/h5-8,10,17H,9H2,1-4H3. The highest BCUT2D eigenvalue weighted by Gasteiger charge is 2.22. The molecule has 0 bridgehead atoms. The van der Waals surface area contributed by atoms with Crippen LogP contribution in [0.3, 0.4) is 0 Å². The molecule has 0 saturated carbocycles. The lowest BCUT2D eigenvalue weighted by molar-refractivity contribution is 0.330. The van der Waals surface area contributed by atoms with Crippen LogP contribution in [-0.4, -0.2) is 10.1 Å². The van der Waals surface area contributed by atoms with E-state index >= 15 is 0 Å². The second-order valence-corrected chi connectivity index (χ2v) is 6.38. The van der Waals surface area contributed by atoms with Gasteiger partial charge in [0.1, 0.15) is 0 Å². The Labute approximate surface area is 124 Å².